The molecule has 1 atom stereocenters. The zero-order chi connectivity index (χ0) is 15.0. The highest BCUT2D eigenvalue weighted by molar-refractivity contribution is 5.77. The number of nitrogens with zero attached hydrogens (tertiary/aromatic N) is 1. The van der Waals surface area contributed by atoms with Crippen molar-refractivity contribution in [3.05, 3.63) is 0 Å². The lowest BCUT2D eigenvalue weighted by molar-refractivity contribution is -0.139. The standard InChI is InChI=1S/C15H26N2O3/c1-14(2,3)11-5-8-17(10-11)13(20)16-15(6-4-7-15)9-12(18)19/h11H,4-10H2,1-3H3,(H,16,20)(H,18,19). The highest BCUT2D eigenvalue weighted by Crippen LogP contribution is 2.36. The molecule has 1 aliphatic heterocycles. The second-order valence-corrected chi connectivity index (χ2v) is 7.43. The van der Waals surface area contributed by atoms with Gasteiger partial charge in [0, 0.05) is 13.1 Å². The maximum Gasteiger partial charge on any atom is 0.317 e. The van der Waals surface area contributed by atoms with Crippen molar-refractivity contribution in [1.82, 2.24) is 10.2 Å². The molecule has 0 spiro atoms. The van der Waals surface area contributed by atoms with Gasteiger partial charge in [-0.3, -0.25) is 4.79 Å². The Morgan fingerprint density at radius 1 is 1.35 bits per heavy atom. The third-order valence-electron chi connectivity index (χ3n) is 4.87. The van der Waals surface area contributed by atoms with Crippen LogP contribution in [0.25, 0.3) is 0 Å². The lowest BCUT2D eigenvalue weighted by atomic mass is 9.74. The number of aliphatic carboxylic acids is 1. The van der Waals surface area contributed by atoms with Gasteiger partial charge in [-0.15, -0.1) is 0 Å². The minimum absolute atomic E-state index is 0.0370. The summed E-state index contributed by atoms with van der Waals surface area (Å²) in [6, 6.07) is -0.0855. The molecule has 2 N–H and O–H groups in total. The third-order valence-corrected chi connectivity index (χ3v) is 4.87. The third kappa shape index (κ3) is 3.25. The van der Waals surface area contributed by atoms with Gasteiger partial charge < -0.3 is 15.3 Å². The molecule has 5 nitrogen and oxygen atoms in total. The van der Waals surface area contributed by atoms with Gasteiger partial charge in [-0.2, -0.15) is 0 Å². The van der Waals surface area contributed by atoms with Crippen LogP contribution in [-0.2, 0) is 4.79 Å². The number of carboxylic acids is 1. The van der Waals surface area contributed by atoms with Crippen molar-refractivity contribution in [1.29, 1.82) is 0 Å². The van der Waals surface area contributed by atoms with Gasteiger partial charge in [0.25, 0.3) is 0 Å². The Morgan fingerprint density at radius 3 is 2.40 bits per heavy atom. The van der Waals surface area contributed by atoms with Crippen molar-refractivity contribution >= 4 is 12.0 Å². The van der Waals surface area contributed by atoms with Crippen LogP contribution in [0, 0.1) is 11.3 Å². The van der Waals surface area contributed by atoms with E-state index in [-0.39, 0.29) is 17.9 Å². The van der Waals surface area contributed by atoms with Gasteiger partial charge in [-0.05, 0) is 37.0 Å². The number of carbonyl (C=O) groups excluding carboxylic acids is 1. The maximum atomic E-state index is 12.3. The molecule has 1 saturated carbocycles. The molecule has 2 aliphatic rings. The summed E-state index contributed by atoms with van der Waals surface area (Å²) in [6.07, 6.45) is 3.62. The maximum absolute atomic E-state index is 12.3. The van der Waals surface area contributed by atoms with E-state index >= 15 is 0 Å². The number of hydrogen-bond acceptors (Lipinski definition) is 2. The SMILES string of the molecule is CC(C)(C)C1CCN(C(=O)NC2(CC(=O)O)CCC2)C1. The van der Waals surface area contributed by atoms with Crippen molar-refractivity contribution in [2.24, 2.45) is 11.3 Å². The number of carbonyl (C=O) groups is 2. The summed E-state index contributed by atoms with van der Waals surface area (Å²) in [6.45, 7) is 8.17. The average Bonchev–Trinajstić information content (AvgIpc) is 2.73. The predicted molar refractivity (Wildman–Crippen MR) is 76.5 cm³/mol. The molecule has 1 heterocycles. The minimum atomic E-state index is -0.834. The first-order chi connectivity index (χ1) is 9.22. The number of hydrogen-bond donors (Lipinski definition) is 2. The molecular formula is C15H26N2O3. The number of urea groups is 1. The minimum Gasteiger partial charge on any atom is -0.481 e. The average molecular weight is 282 g/mol. The molecule has 0 aromatic rings. The molecule has 2 rings (SSSR count). The quantitative estimate of drug-likeness (QED) is 0.835. The summed E-state index contributed by atoms with van der Waals surface area (Å²) >= 11 is 0. The van der Waals surface area contributed by atoms with Crippen LogP contribution in [0.2, 0.25) is 0 Å². The van der Waals surface area contributed by atoms with Crippen LogP contribution in [0.5, 0.6) is 0 Å². The fraction of sp³-hybridized carbons (Fsp3) is 0.867. The molecule has 2 fully saturated rings. The Kier molecular flexibility index (Phi) is 3.98. The summed E-state index contributed by atoms with van der Waals surface area (Å²) in [5.74, 6) is -0.316. The molecule has 114 valence electrons. The zero-order valence-electron chi connectivity index (χ0n) is 12.7. The molecule has 1 saturated heterocycles. The van der Waals surface area contributed by atoms with Crippen LogP contribution in [0.3, 0.4) is 0 Å². The number of nitrogens with one attached hydrogen (secondary N) is 1. The summed E-state index contributed by atoms with van der Waals surface area (Å²) < 4.78 is 0. The van der Waals surface area contributed by atoms with Crippen LogP contribution in [0.1, 0.15) is 52.9 Å². The van der Waals surface area contributed by atoms with E-state index in [2.05, 4.69) is 26.1 Å². The van der Waals surface area contributed by atoms with Crippen LogP contribution in [0.15, 0.2) is 0 Å². The Hall–Kier alpha value is -1.26. The van der Waals surface area contributed by atoms with Crippen molar-refractivity contribution < 1.29 is 14.7 Å². The monoisotopic (exact) mass is 282 g/mol. The number of rotatable bonds is 3. The Labute approximate surface area is 120 Å². The zero-order valence-corrected chi connectivity index (χ0v) is 12.7. The summed E-state index contributed by atoms with van der Waals surface area (Å²) in [4.78, 5) is 25.1. The predicted octanol–water partition coefficient (Wildman–Crippen LogP) is 2.46. The van der Waals surface area contributed by atoms with E-state index in [1.165, 1.54) is 0 Å². The number of carboxylic acid groups (broad SMARTS) is 1. The summed E-state index contributed by atoms with van der Waals surface area (Å²) in [5, 5.41) is 12.0. The topological polar surface area (TPSA) is 69.6 Å². The van der Waals surface area contributed by atoms with E-state index in [0.29, 0.717) is 5.92 Å². The Balaban J connectivity index is 1.91. The smallest absolute Gasteiger partial charge is 0.317 e. The van der Waals surface area contributed by atoms with Gasteiger partial charge in [-0.25, -0.2) is 4.79 Å². The van der Waals surface area contributed by atoms with Gasteiger partial charge in [0.2, 0.25) is 0 Å². The largest absolute Gasteiger partial charge is 0.481 e. The van der Waals surface area contributed by atoms with Crippen LogP contribution < -0.4 is 5.32 Å². The molecule has 0 bridgehead atoms. The van der Waals surface area contributed by atoms with Crippen LogP contribution >= 0.6 is 0 Å². The van der Waals surface area contributed by atoms with Crippen molar-refractivity contribution in [3.8, 4) is 0 Å². The van der Waals surface area contributed by atoms with Gasteiger partial charge >= 0.3 is 12.0 Å². The van der Waals surface area contributed by atoms with Gasteiger partial charge in [-0.1, -0.05) is 20.8 Å². The van der Waals surface area contributed by atoms with Crippen LogP contribution in [-0.4, -0.2) is 40.6 Å². The van der Waals surface area contributed by atoms with Crippen molar-refractivity contribution in [2.45, 2.75) is 58.4 Å². The van der Waals surface area contributed by atoms with E-state index < -0.39 is 11.5 Å². The molecule has 0 aromatic heterocycles. The fourth-order valence-electron chi connectivity index (χ4n) is 3.20. The molecular weight excluding hydrogens is 256 g/mol. The number of likely N-dealkylation sites (tertiary alicyclic amines) is 1. The first-order valence-corrected chi connectivity index (χ1v) is 7.51. The fourth-order valence-corrected chi connectivity index (χ4v) is 3.20. The van der Waals surface area contributed by atoms with E-state index in [1.807, 2.05) is 4.90 Å². The molecule has 1 unspecified atom stereocenters. The molecule has 2 amide bonds. The highest BCUT2D eigenvalue weighted by atomic mass is 16.4. The summed E-state index contributed by atoms with van der Waals surface area (Å²) in [7, 11) is 0. The summed E-state index contributed by atoms with van der Waals surface area (Å²) in [5.41, 5.74) is -0.285. The molecule has 5 heteroatoms. The van der Waals surface area contributed by atoms with Gasteiger partial charge in [0.15, 0.2) is 0 Å². The molecule has 1 aliphatic carbocycles. The normalized spacial score (nSPS) is 25.1. The van der Waals surface area contributed by atoms with Crippen molar-refractivity contribution in [2.75, 3.05) is 13.1 Å². The molecule has 0 radical (unpaired) electrons. The number of amides is 2. The second-order valence-electron chi connectivity index (χ2n) is 7.43. The van der Waals surface area contributed by atoms with Gasteiger partial charge in [0.05, 0.1) is 12.0 Å². The molecule has 0 aromatic carbocycles. The molecule has 20 heavy (non-hydrogen) atoms. The lowest BCUT2D eigenvalue weighted by Crippen LogP contribution is -2.57. The van der Waals surface area contributed by atoms with E-state index in [1.54, 1.807) is 0 Å². The van der Waals surface area contributed by atoms with E-state index in [4.69, 9.17) is 5.11 Å². The van der Waals surface area contributed by atoms with Crippen LogP contribution in [0.4, 0.5) is 4.79 Å². The Morgan fingerprint density at radius 2 is 2.00 bits per heavy atom. The van der Waals surface area contributed by atoms with E-state index in [9.17, 15) is 9.59 Å². The first kappa shape index (κ1) is 15.1. The highest BCUT2D eigenvalue weighted by Gasteiger charge is 2.42. The lowest BCUT2D eigenvalue weighted by Gasteiger charge is -2.42. The second kappa shape index (κ2) is 5.26. The van der Waals surface area contributed by atoms with Gasteiger partial charge in [0.1, 0.15) is 0 Å². The Bertz CT molecular complexity index is 396. The van der Waals surface area contributed by atoms with E-state index in [0.717, 1.165) is 38.8 Å². The first-order valence-electron chi connectivity index (χ1n) is 7.51. The van der Waals surface area contributed by atoms with Crippen molar-refractivity contribution in [3.63, 3.8) is 0 Å².